The number of alkyl halides is 3. The Kier molecular flexibility index (Phi) is 7.15. The third-order valence-corrected chi connectivity index (χ3v) is 5.39. The van der Waals surface area contributed by atoms with E-state index in [1.165, 1.54) is 9.80 Å². The van der Waals surface area contributed by atoms with Gasteiger partial charge in [0.15, 0.2) is 5.17 Å². The molecule has 0 aliphatic carbocycles. The lowest BCUT2D eigenvalue weighted by Gasteiger charge is -2.36. The number of carbonyl (C=O) groups excluding carboxylic acids is 1. The number of benzene rings is 2. The molecule has 2 aromatic rings. The van der Waals surface area contributed by atoms with E-state index in [2.05, 4.69) is 4.99 Å². The number of halogens is 3. The van der Waals surface area contributed by atoms with Crippen molar-refractivity contribution in [3.8, 4) is 5.75 Å². The smallest absolute Gasteiger partial charge is 0.408 e. The molecule has 9 heteroatoms. The topological polar surface area (TPSA) is 45.1 Å². The van der Waals surface area contributed by atoms with E-state index in [1.807, 2.05) is 45.0 Å². The molecule has 1 aliphatic rings. The number of amides is 2. The molecule has 1 heterocycles. The predicted molar refractivity (Wildman–Crippen MR) is 118 cm³/mol. The van der Waals surface area contributed by atoms with Crippen molar-refractivity contribution in [2.75, 3.05) is 17.3 Å². The standard InChI is InChI=1S/C22H24F3N3O2S/c1-15(2)30-19-10-6-17(7-11-19)12-27-20(26-13-22(23,24)25)31-14-28(21(27)29)18-8-4-16(3)5-9-18/h4-11,15H,12-14H2,1-3H3. The summed E-state index contributed by atoms with van der Waals surface area (Å²) in [7, 11) is 0. The number of hydrogen-bond acceptors (Lipinski definition) is 4. The van der Waals surface area contributed by atoms with Crippen LogP contribution in [0.3, 0.4) is 0 Å². The molecular formula is C22H24F3N3O2S. The normalized spacial score (nSPS) is 16.4. The Balaban J connectivity index is 1.85. The van der Waals surface area contributed by atoms with Gasteiger partial charge in [-0.3, -0.25) is 14.8 Å². The van der Waals surface area contributed by atoms with Gasteiger partial charge in [0.2, 0.25) is 0 Å². The van der Waals surface area contributed by atoms with E-state index in [1.54, 1.807) is 24.3 Å². The van der Waals surface area contributed by atoms with Crippen molar-refractivity contribution in [1.82, 2.24) is 4.90 Å². The van der Waals surface area contributed by atoms with Gasteiger partial charge in [-0.15, -0.1) is 0 Å². The minimum absolute atomic E-state index is 0.0232. The lowest BCUT2D eigenvalue weighted by atomic mass is 10.2. The molecule has 1 saturated heterocycles. The molecule has 166 valence electrons. The Morgan fingerprint density at radius 1 is 1.10 bits per heavy atom. The second-order valence-corrected chi connectivity index (χ2v) is 8.34. The highest BCUT2D eigenvalue weighted by molar-refractivity contribution is 8.14. The number of urea groups is 1. The summed E-state index contributed by atoms with van der Waals surface area (Å²) in [6.45, 7) is 4.55. The summed E-state index contributed by atoms with van der Waals surface area (Å²) in [6, 6.07) is 14.2. The summed E-state index contributed by atoms with van der Waals surface area (Å²) in [5.41, 5.74) is 2.49. The first-order valence-corrected chi connectivity index (χ1v) is 10.8. The average Bonchev–Trinajstić information content (AvgIpc) is 2.69. The Morgan fingerprint density at radius 3 is 2.32 bits per heavy atom. The van der Waals surface area contributed by atoms with Gasteiger partial charge >= 0.3 is 12.2 Å². The molecule has 3 rings (SSSR count). The summed E-state index contributed by atoms with van der Waals surface area (Å²) in [5, 5.41) is 0.0631. The first-order chi connectivity index (χ1) is 14.6. The molecule has 31 heavy (non-hydrogen) atoms. The number of rotatable bonds is 6. The molecule has 0 saturated carbocycles. The van der Waals surface area contributed by atoms with E-state index in [0.717, 1.165) is 22.9 Å². The van der Waals surface area contributed by atoms with Crippen LogP contribution in [-0.2, 0) is 6.54 Å². The average molecular weight is 452 g/mol. The molecule has 1 aliphatic heterocycles. The van der Waals surface area contributed by atoms with Crippen LogP contribution in [-0.4, -0.2) is 40.8 Å². The van der Waals surface area contributed by atoms with Crippen LogP contribution in [0.4, 0.5) is 23.7 Å². The number of nitrogens with zero attached hydrogens (tertiary/aromatic N) is 3. The molecule has 0 aromatic heterocycles. The van der Waals surface area contributed by atoms with E-state index in [0.29, 0.717) is 11.4 Å². The molecule has 0 spiro atoms. The Hall–Kier alpha value is -2.68. The van der Waals surface area contributed by atoms with E-state index >= 15 is 0 Å². The van der Waals surface area contributed by atoms with Gasteiger partial charge in [-0.2, -0.15) is 13.2 Å². The van der Waals surface area contributed by atoms with Crippen LogP contribution in [0, 0.1) is 6.92 Å². The molecule has 2 aromatic carbocycles. The maximum atomic E-state index is 13.2. The van der Waals surface area contributed by atoms with Crippen molar-refractivity contribution >= 4 is 28.6 Å². The van der Waals surface area contributed by atoms with Crippen molar-refractivity contribution in [3.63, 3.8) is 0 Å². The zero-order chi connectivity index (χ0) is 22.6. The predicted octanol–water partition coefficient (Wildman–Crippen LogP) is 5.83. The van der Waals surface area contributed by atoms with Crippen molar-refractivity contribution in [3.05, 3.63) is 59.7 Å². The highest BCUT2D eigenvalue weighted by atomic mass is 32.2. The number of aliphatic imine (C=N–C) groups is 1. The number of anilines is 1. The van der Waals surface area contributed by atoms with Crippen LogP contribution in [0.25, 0.3) is 0 Å². The molecule has 0 N–H and O–H groups in total. The Labute approximate surface area is 183 Å². The first kappa shape index (κ1) is 23.0. The molecule has 0 atom stereocenters. The molecule has 0 radical (unpaired) electrons. The highest BCUT2D eigenvalue weighted by Gasteiger charge is 2.34. The summed E-state index contributed by atoms with van der Waals surface area (Å²) in [4.78, 5) is 19.7. The Bertz CT molecular complexity index is 929. The second kappa shape index (κ2) is 9.64. The van der Waals surface area contributed by atoms with E-state index in [-0.39, 0.29) is 23.7 Å². The monoisotopic (exact) mass is 451 g/mol. The van der Waals surface area contributed by atoms with Gasteiger partial charge < -0.3 is 4.74 Å². The Morgan fingerprint density at radius 2 is 1.74 bits per heavy atom. The van der Waals surface area contributed by atoms with Crippen molar-refractivity contribution in [2.24, 2.45) is 4.99 Å². The van der Waals surface area contributed by atoms with E-state index < -0.39 is 18.8 Å². The molecule has 0 bridgehead atoms. The van der Waals surface area contributed by atoms with Crippen molar-refractivity contribution < 1.29 is 22.7 Å². The van der Waals surface area contributed by atoms with Crippen LogP contribution in [0.15, 0.2) is 53.5 Å². The van der Waals surface area contributed by atoms with E-state index in [4.69, 9.17) is 4.74 Å². The molecule has 1 fully saturated rings. The lowest BCUT2D eigenvalue weighted by molar-refractivity contribution is -0.118. The summed E-state index contributed by atoms with van der Waals surface area (Å²) < 4.78 is 43.9. The third kappa shape index (κ3) is 6.40. The number of hydrogen-bond donors (Lipinski definition) is 0. The quantitative estimate of drug-likeness (QED) is 0.555. The van der Waals surface area contributed by atoms with Gasteiger partial charge in [0.25, 0.3) is 0 Å². The van der Waals surface area contributed by atoms with Crippen LogP contribution in [0.1, 0.15) is 25.0 Å². The maximum absolute atomic E-state index is 13.2. The lowest BCUT2D eigenvalue weighted by Crippen LogP contribution is -2.50. The number of ether oxygens (including phenoxy) is 1. The molecule has 0 unspecified atom stereocenters. The highest BCUT2D eigenvalue weighted by Crippen LogP contribution is 2.29. The van der Waals surface area contributed by atoms with Crippen molar-refractivity contribution in [1.29, 1.82) is 0 Å². The zero-order valence-electron chi connectivity index (χ0n) is 17.5. The second-order valence-electron chi connectivity index (χ2n) is 7.43. The minimum atomic E-state index is -4.44. The van der Waals surface area contributed by atoms with Crippen molar-refractivity contribution in [2.45, 2.75) is 39.6 Å². The van der Waals surface area contributed by atoms with Gasteiger partial charge in [-0.05, 0) is 50.6 Å². The fourth-order valence-corrected chi connectivity index (χ4v) is 3.90. The minimum Gasteiger partial charge on any atom is -0.491 e. The van der Waals surface area contributed by atoms with Gasteiger partial charge in [-0.25, -0.2) is 4.79 Å². The SMILES string of the molecule is Cc1ccc(N2CSC(=NCC(F)(F)F)N(Cc3ccc(OC(C)C)cc3)C2=O)cc1. The van der Waals surface area contributed by atoms with Crippen LogP contribution >= 0.6 is 11.8 Å². The molecule has 5 nitrogen and oxygen atoms in total. The summed E-state index contributed by atoms with van der Waals surface area (Å²) in [5.74, 6) is 0.876. The fraction of sp³-hybridized carbons (Fsp3) is 0.364. The zero-order valence-corrected chi connectivity index (χ0v) is 18.3. The summed E-state index contributed by atoms with van der Waals surface area (Å²) in [6.07, 6.45) is -4.42. The largest absolute Gasteiger partial charge is 0.491 e. The number of aryl methyl sites for hydroxylation is 1. The molecule has 2 amide bonds. The van der Waals surface area contributed by atoms with E-state index in [9.17, 15) is 18.0 Å². The fourth-order valence-electron chi connectivity index (χ4n) is 2.94. The van der Waals surface area contributed by atoms with Crippen LogP contribution < -0.4 is 9.64 Å². The number of thioether (sulfide) groups is 1. The van der Waals surface area contributed by atoms with Crippen LogP contribution in [0.5, 0.6) is 5.75 Å². The number of amidine groups is 1. The van der Waals surface area contributed by atoms with Crippen LogP contribution in [0.2, 0.25) is 0 Å². The van der Waals surface area contributed by atoms with Gasteiger partial charge in [0, 0.05) is 5.69 Å². The maximum Gasteiger partial charge on any atom is 0.408 e. The molecular weight excluding hydrogens is 427 g/mol. The van der Waals surface area contributed by atoms with Gasteiger partial charge in [0.1, 0.15) is 12.3 Å². The third-order valence-electron chi connectivity index (χ3n) is 4.39. The number of carbonyl (C=O) groups is 1. The van der Waals surface area contributed by atoms with Gasteiger partial charge in [-0.1, -0.05) is 41.6 Å². The summed E-state index contributed by atoms with van der Waals surface area (Å²) >= 11 is 1.11. The van der Waals surface area contributed by atoms with Gasteiger partial charge in [0.05, 0.1) is 18.5 Å². The first-order valence-electron chi connectivity index (χ1n) is 9.77.